The van der Waals surface area contributed by atoms with Crippen LogP contribution in [0, 0.1) is 11.7 Å². The normalized spacial score (nSPS) is 18.5. The molecule has 0 saturated carbocycles. The quantitative estimate of drug-likeness (QED) is 0.787. The van der Waals surface area contributed by atoms with Crippen LogP contribution >= 0.6 is 0 Å². The summed E-state index contributed by atoms with van der Waals surface area (Å²) >= 11 is 0. The molecule has 1 heterocycles. The molecule has 1 atom stereocenters. The maximum Gasteiger partial charge on any atom is 0.310 e. The van der Waals surface area contributed by atoms with Gasteiger partial charge in [-0.05, 0) is 18.2 Å². The predicted molar refractivity (Wildman–Crippen MR) is 87.1 cm³/mol. The van der Waals surface area contributed by atoms with Crippen LogP contribution in [-0.2, 0) is 24.3 Å². The lowest BCUT2D eigenvalue weighted by atomic mass is 10.1. The Morgan fingerprint density at radius 1 is 1.44 bits per heavy atom. The van der Waals surface area contributed by atoms with Gasteiger partial charge in [0.15, 0.2) is 0 Å². The zero-order chi connectivity index (χ0) is 18.6. The average Bonchev–Trinajstić information content (AvgIpc) is 2.77. The van der Waals surface area contributed by atoms with E-state index in [0.717, 1.165) is 22.7 Å². The summed E-state index contributed by atoms with van der Waals surface area (Å²) in [5, 5.41) is 9.12. The van der Waals surface area contributed by atoms with Gasteiger partial charge in [-0.2, -0.15) is 0 Å². The lowest BCUT2D eigenvalue weighted by Gasteiger charge is -2.27. The van der Waals surface area contributed by atoms with E-state index < -0.39 is 40.2 Å². The molecule has 10 heteroatoms. The number of hydrogen-bond acceptors (Lipinski definition) is 5. The summed E-state index contributed by atoms with van der Waals surface area (Å²) in [6.07, 6.45) is 0.913. The van der Waals surface area contributed by atoms with Crippen LogP contribution in [0.4, 0.5) is 10.1 Å². The number of halogens is 1. The molecular weight excluding hydrogens is 355 g/mol. The summed E-state index contributed by atoms with van der Waals surface area (Å²) in [6.45, 7) is -0.319. The Kier molecular flexibility index (Phi) is 5.96. The van der Waals surface area contributed by atoms with E-state index in [1.807, 2.05) is 0 Å². The Bertz CT molecular complexity index is 754. The Morgan fingerprint density at radius 3 is 2.76 bits per heavy atom. The number of rotatable bonds is 5. The lowest BCUT2D eigenvalue weighted by Crippen LogP contribution is -2.45. The standard InChI is InChI=1S/C15H19FN2O6S/c1-25(22,23)18(13-4-2-3-12(16)7-13)9-14(19)17-5-6-24-10-11(8-17)15(20)21/h2-4,7,11H,5-6,8-10H2,1H3,(H,20,21). The molecule has 1 aliphatic heterocycles. The number of ether oxygens (including phenoxy) is 1. The van der Waals surface area contributed by atoms with Gasteiger partial charge >= 0.3 is 5.97 Å². The van der Waals surface area contributed by atoms with Gasteiger partial charge in [-0.3, -0.25) is 13.9 Å². The van der Waals surface area contributed by atoms with Crippen molar-refractivity contribution in [2.24, 2.45) is 5.92 Å². The first-order chi connectivity index (χ1) is 11.7. The Labute approximate surface area is 144 Å². The van der Waals surface area contributed by atoms with Crippen molar-refractivity contribution in [3.63, 3.8) is 0 Å². The highest BCUT2D eigenvalue weighted by Gasteiger charge is 2.29. The van der Waals surface area contributed by atoms with Gasteiger partial charge in [-0.25, -0.2) is 12.8 Å². The minimum absolute atomic E-state index is 0.0151. The number of nitrogens with zero attached hydrogens (tertiary/aromatic N) is 2. The van der Waals surface area contributed by atoms with E-state index in [0.29, 0.717) is 0 Å². The zero-order valence-corrected chi connectivity index (χ0v) is 14.4. The van der Waals surface area contributed by atoms with Gasteiger partial charge in [-0.1, -0.05) is 6.07 Å². The van der Waals surface area contributed by atoms with E-state index in [1.165, 1.54) is 17.0 Å². The van der Waals surface area contributed by atoms with Crippen molar-refractivity contribution < 1.29 is 32.2 Å². The molecule has 0 bridgehead atoms. The highest BCUT2D eigenvalue weighted by molar-refractivity contribution is 7.92. The first-order valence-electron chi connectivity index (χ1n) is 7.50. The topological polar surface area (TPSA) is 104 Å². The average molecular weight is 374 g/mol. The smallest absolute Gasteiger partial charge is 0.310 e. The molecule has 0 radical (unpaired) electrons. The monoisotopic (exact) mass is 374 g/mol. The van der Waals surface area contributed by atoms with E-state index in [2.05, 4.69) is 0 Å². The van der Waals surface area contributed by atoms with E-state index >= 15 is 0 Å². The Balaban J connectivity index is 2.20. The molecule has 1 aromatic carbocycles. The van der Waals surface area contributed by atoms with Crippen molar-refractivity contribution in [3.05, 3.63) is 30.1 Å². The molecule has 2 rings (SSSR count). The minimum Gasteiger partial charge on any atom is -0.481 e. The number of amides is 1. The molecule has 0 aliphatic carbocycles. The SMILES string of the molecule is CS(=O)(=O)N(CC(=O)N1CCOCC(C(=O)O)C1)c1cccc(F)c1. The lowest BCUT2D eigenvalue weighted by molar-refractivity contribution is -0.144. The van der Waals surface area contributed by atoms with Crippen molar-refractivity contribution in [3.8, 4) is 0 Å². The molecule has 8 nitrogen and oxygen atoms in total. The van der Waals surface area contributed by atoms with Crippen LogP contribution in [0.1, 0.15) is 0 Å². The van der Waals surface area contributed by atoms with Crippen LogP contribution in [-0.4, -0.2) is 69.4 Å². The first kappa shape index (κ1) is 19.1. The third kappa shape index (κ3) is 5.13. The molecular formula is C15H19FN2O6S. The molecule has 1 aromatic rings. The zero-order valence-electron chi connectivity index (χ0n) is 13.6. The molecule has 1 N–H and O–H groups in total. The number of hydrogen-bond donors (Lipinski definition) is 1. The van der Waals surface area contributed by atoms with E-state index in [-0.39, 0.29) is 32.0 Å². The summed E-state index contributed by atoms with van der Waals surface area (Å²) in [5.74, 6) is -3.18. The van der Waals surface area contributed by atoms with Gasteiger partial charge in [-0.15, -0.1) is 0 Å². The van der Waals surface area contributed by atoms with Crippen LogP contribution in [0.5, 0.6) is 0 Å². The van der Waals surface area contributed by atoms with Crippen molar-refractivity contribution in [2.45, 2.75) is 0 Å². The molecule has 0 aromatic heterocycles. The predicted octanol–water partition coefficient (Wildman–Crippen LogP) is 0.151. The van der Waals surface area contributed by atoms with E-state index in [9.17, 15) is 22.4 Å². The molecule has 25 heavy (non-hydrogen) atoms. The second kappa shape index (κ2) is 7.79. The second-order valence-corrected chi connectivity index (χ2v) is 7.61. The molecule has 1 unspecified atom stereocenters. The Hall–Kier alpha value is -2.20. The summed E-state index contributed by atoms with van der Waals surface area (Å²) in [4.78, 5) is 24.9. The van der Waals surface area contributed by atoms with Crippen molar-refractivity contribution in [1.29, 1.82) is 0 Å². The highest BCUT2D eigenvalue weighted by Crippen LogP contribution is 2.19. The number of carbonyl (C=O) groups is 2. The minimum atomic E-state index is -3.84. The van der Waals surface area contributed by atoms with Gasteiger partial charge < -0.3 is 14.7 Å². The number of aliphatic carboxylic acids is 1. The number of benzene rings is 1. The van der Waals surface area contributed by atoms with Crippen LogP contribution in [0.2, 0.25) is 0 Å². The first-order valence-corrected chi connectivity index (χ1v) is 9.35. The van der Waals surface area contributed by atoms with Gasteiger partial charge in [0.1, 0.15) is 12.4 Å². The number of carbonyl (C=O) groups excluding carboxylic acids is 1. The fourth-order valence-corrected chi connectivity index (χ4v) is 3.28. The summed E-state index contributed by atoms with van der Waals surface area (Å²) in [5.41, 5.74) is 0.0247. The van der Waals surface area contributed by atoms with Crippen LogP contribution in [0.25, 0.3) is 0 Å². The Morgan fingerprint density at radius 2 is 2.16 bits per heavy atom. The maximum atomic E-state index is 13.4. The molecule has 1 saturated heterocycles. The molecule has 0 spiro atoms. The van der Waals surface area contributed by atoms with Crippen LogP contribution in [0.15, 0.2) is 24.3 Å². The van der Waals surface area contributed by atoms with Crippen LogP contribution < -0.4 is 4.31 Å². The van der Waals surface area contributed by atoms with Crippen molar-refractivity contribution in [2.75, 3.05) is 43.4 Å². The third-order valence-electron chi connectivity index (χ3n) is 3.74. The largest absolute Gasteiger partial charge is 0.481 e. The van der Waals surface area contributed by atoms with Gasteiger partial charge in [0.05, 0.1) is 31.1 Å². The molecule has 1 amide bonds. The summed E-state index contributed by atoms with van der Waals surface area (Å²) in [7, 11) is -3.84. The van der Waals surface area contributed by atoms with Crippen LogP contribution in [0.3, 0.4) is 0 Å². The van der Waals surface area contributed by atoms with Gasteiger partial charge in [0.2, 0.25) is 15.9 Å². The number of sulfonamides is 1. The van der Waals surface area contributed by atoms with Crippen molar-refractivity contribution in [1.82, 2.24) is 4.90 Å². The maximum absolute atomic E-state index is 13.4. The van der Waals surface area contributed by atoms with Gasteiger partial charge in [0, 0.05) is 13.1 Å². The number of anilines is 1. The molecule has 138 valence electrons. The number of carboxylic acids is 1. The second-order valence-electron chi connectivity index (χ2n) is 5.70. The highest BCUT2D eigenvalue weighted by atomic mass is 32.2. The van der Waals surface area contributed by atoms with E-state index in [4.69, 9.17) is 9.84 Å². The van der Waals surface area contributed by atoms with Crippen molar-refractivity contribution >= 4 is 27.6 Å². The fraction of sp³-hybridized carbons (Fsp3) is 0.467. The molecule has 1 fully saturated rings. The number of carboxylic acid groups (broad SMARTS) is 1. The summed E-state index contributed by atoms with van der Waals surface area (Å²) < 4.78 is 43.4. The fourth-order valence-electron chi connectivity index (χ4n) is 2.44. The van der Waals surface area contributed by atoms with Gasteiger partial charge in [0.25, 0.3) is 0 Å². The molecule has 1 aliphatic rings. The summed E-state index contributed by atoms with van der Waals surface area (Å²) in [6, 6.07) is 4.89. The van der Waals surface area contributed by atoms with E-state index in [1.54, 1.807) is 0 Å². The third-order valence-corrected chi connectivity index (χ3v) is 4.88.